The van der Waals surface area contributed by atoms with Crippen LogP contribution >= 0.6 is 0 Å². The molecule has 1 heterocycles. The van der Waals surface area contributed by atoms with Gasteiger partial charge in [0.2, 0.25) is 0 Å². The number of carbonyl (C=O) groups is 1. The van der Waals surface area contributed by atoms with Crippen LogP contribution < -0.4 is 5.73 Å². The molecule has 0 saturated heterocycles. The fourth-order valence-corrected chi connectivity index (χ4v) is 1.39. The number of rotatable bonds is 5. The van der Waals surface area contributed by atoms with Gasteiger partial charge in [-0.1, -0.05) is 6.07 Å². The topological polar surface area (TPSA) is 65.2 Å². The van der Waals surface area contributed by atoms with Crippen molar-refractivity contribution in [1.82, 2.24) is 4.98 Å². The SMILES string of the molecule is CCOC(=O)Cc1cc(CN)cnc1C(F)F. The van der Waals surface area contributed by atoms with Gasteiger partial charge in [0.05, 0.1) is 13.0 Å². The minimum Gasteiger partial charge on any atom is -0.466 e. The zero-order chi connectivity index (χ0) is 12.8. The zero-order valence-electron chi connectivity index (χ0n) is 9.45. The number of ether oxygens (including phenoxy) is 1. The maximum Gasteiger partial charge on any atom is 0.310 e. The highest BCUT2D eigenvalue weighted by Crippen LogP contribution is 2.22. The second kappa shape index (κ2) is 6.24. The Bertz CT molecular complexity index is 397. The van der Waals surface area contributed by atoms with Crippen LogP contribution in [0, 0.1) is 0 Å². The molecule has 0 radical (unpaired) electrons. The van der Waals surface area contributed by atoms with Crippen LogP contribution in [-0.2, 0) is 22.5 Å². The van der Waals surface area contributed by atoms with Crippen molar-refractivity contribution in [3.63, 3.8) is 0 Å². The van der Waals surface area contributed by atoms with E-state index in [1.54, 1.807) is 6.92 Å². The molecule has 0 aliphatic heterocycles. The summed E-state index contributed by atoms with van der Waals surface area (Å²) in [5.74, 6) is -0.551. The number of hydrogen-bond acceptors (Lipinski definition) is 4. The van der Waals surface area contributed by atoms with Crippen LogP contribution in [0.5, 0.6) is 0 Å². The van der Waals surface area contributed by atoms with Gasteiger partial charge in [-0.05, 0) is 18.1 Å². The van der Waals surface area contributed by atoms with E-state index in [0.29, 0.717) is 5.56 Å². The summed E-state index contributed by atoms with van der Waals surface area (Å²) in [5, 5.41) is 0. The lowest BCUT2D eigenvalue weighted by Gasteiger charge is -2.09. The van der Waals surface area contributed by atoms with E-state index < -0.39 is 18.1 Å². The number of pyridine rings is 1. The Kier molecular flexibility index (Phi) is 4.96. The largest absolute Gasteiger partial charge is 0.466 e. The molecule has 2 N–H and O–H groups in total. The molecular weight excluding hydrogens is 230 g/mol. The van der Waals surface area contributed by atoms with Gasteiger partial charge < -0.3 is 10.5 Å². The second-order valence-corrected chi connectivity index (χ2v) is 3.37. The number of nitrogens with zero attached hydrogens (tertiary/aromatic N) is 1. The van der Waals surface area contributed by atoms with Crippen LogP contribution in [0.15, 0.2) is 12.3 Å². The first-order valence-corrected chi connectivity index (χ1v) is 5.20. The minimum atomic E-state index is -2.72. The molecule has 0 bridgehead atoms. The van der Waals surface area contributed by atoms with Crippen LogP contribution in [0.4, 0.5) is 8.78 Å². The molecule has 17 heavy (non-hydrogen) atoms. The average Bonchev–Trinajstić information content (AvgIpc) is 2.28. The molecule has 1 rings (SSSR count). The Morgan fingerprint density at radius 3 is 2.82 bits per heavy atom. The average molecular weight is 244 g/mol. The Balaban J connectivity index is 2.96. The number of aromatic nitrogens is 1. The molecule has 0 aliphatic rings. The summed E-state index contributed by atoms with van der Waals surface area (Å²) in [7, 11) is 0. The van der Waals surface area contributed by atoms with Crippen LogP contribution in [0.3, 0.4) is 0 Å². The molecule has 94 valence electrons. The predicted octanol–water partition coefficient (Wildman–Crippen LogP) is 1.58. The lowest BCUT2D eigenvalue weighted by Crippen LogP contribution is -2.11. The Labute approximate surface area is 97.8 Å². The second-order valence-electron chi connectivity index (χ2n) is 3.37. The van der Waals surface area contributed by atoms with Gasteiger partial charge in [-0.3, -0.25) is 9.78 Å². The number of nitrogens with two attached hydrogens (primary N) is 1. The lowest BCUT2D eigenvalue weighted by atomic mass is 10.1. The van der Waals surface area contributed by atoms with Crippen molar-refractivity contribution < 1.29 is 18.3 Å². The number of carbonyl (C=O) groups excluding carboxylic acids is 1. The molecule has 0 amide bonds. The van der Waals surface area contributed by atoms with Crippen LogP contribution in [-0.4, -0.2) is 17.6 Å². The summed E-state index contributed by atoms with van der Waals surface area (Å²) in [4.78, 5) is 14.9. The Morgan fingerprint density at radius 1 is 1.59 bits per heavy atom. The van der Waals surface area contributed by atoms with Gasteiger partial charge in [-0.15, -0.1) is 0 Å². The molecule has 0 aromatic carbocycles. The molecule has 0 unspecified atom stereocenters. The zero-order valence-corrected chi connectivity index (χ0v) is 9.45. The summed E-state index contributed by atoms with van der Waals surface area (Å²) < 4.78 is 30.0. The quantitative estimate of drug-likeness (QED) is 0.799. The molecule has 0 fully saturated rings. The van der Waals surface area contributed by atoms with Gasteiger partial charge in [0, 0.05) is 12.7 Å². The third-order valence-corrected chi connectivity index (χ3v) is 2.14. The molecular formula is C11H14F2N2O2. The highest BCUT2D eigenvalue weighted by atomic mass is 19.3. The van der Waals surface area contributed by atoms with Gasteiger partial charge in [0.1, 0.15) is 5.69 Å². The van der Waals surface area contributed by atoms with Crippen molar-refractivity contribution in [1.29, 1.82) is 0 Å². The monoisotopic (exact) mass is 244 g/mol. The van der Waals surface area contributed by atoms with Crippen molar-refractivity contribution in [2.45, 2.75) is 26.3 Å². The van der Waals surface area contributed by atoms with Crippen molar-refractivity contribution in [2.75, 3.05) is 6.61 Å². The summed E-state index contributed by atoms with van der Waals surface area (Å²) in [5.41, 5.74) is 5.77. The molecule has 0 atom stereocenters. The van der Waals surface area contributed by atoms with Crippen LogP contribution in [0.2, 0.25) is 0 Å². The maximum atomic E-state index is 12.7. The van der Waals surface area contributed by atoms with Crippen molar-refractivity contribution in [2.24, 2.45) is 5.73 Å². The van der Waals surface area contributed by atoms with E-state index in [2.05, 4.69) is 4.98 Å². The van der Waals surface area contributed by atoms with Crippen molar-refractivity contribution in [3.05, 3.63) is 29.1 Å². The summed E-state index contributed by atoms with van der Waals surface area (Å²) in [6.45, 7) is 2.06. The van der Waals surface area contributed by atoms with Crippen LogP contribution in [0.25, 0.3) is 0 Å². The molecule has 0 spiro atoms. The summed E-state index contributed by atoms with van der Waals surface area (Å²) >= 11 is 0. The van der Waals surface area contributed by atoms with Crippen molar-refractivity contribution >= 4 is 5.97 Å². The third kappa shape index (κ3) is 3.74. The van der Waals surface area contributed by atoms with Gasteiger partial charge in [0.15, 0.2) is 0 Å². The molecule has 1 aromatic heterocycles. The van der Waals surface area contributed by atoms with Gasteiger partial charge in [-0.25, -0.2) is 8.78 Å². The first-order chi connectivity index (χ1) is 8.08. The number of halogens is 2. The standard InChI is InChI=1S/C11H14F2N2O2/c1-2-17-9(16)4-8-3-7(5-14)6-15-10(8)11(12)13/h3,6,11H,2,4-5,14H2,1H3. The molecule has 6 heteroatoms. The first-order valence-electron chi connectivity index (χ1n) is 5.20. The molecule has 0 aliphatic carbocycles. The van der Waals surface area contributed by atoms with Gasteiger partial charge in [0.25, 0.3) is 6.43 Å². The van der Waals surface area contributed by atoms with E-state index in [9.17, 15) is 13.6 Å². The third-order valence-electron chi connectivity index (χ3n) is 2.14. The number of hydrogen-bond donors (Lipinski definition) is 1. The molecule has 1 aromatic rings. The van der Waals surface area contributed by atoms with E-state index in [-0.39, 0.29) is 25.1 Å². The van der Waals surface area contributed by atoms with E-state index in [0.717, 1.165) is 0 Å². The van der Waals surface area contributed by atoms with Crippen LogP contribution in [0.1, 0.15) is 30.2 Å². The lowest BCUT2D eigenvalue weighted by molar-refractivity contribution is -0.142. The van der Waals surface area contributed by atoms with Crippen molar-refractivity contribution in [3.8, 4) is 0 Å². The number of alkyl halides is 2. The van der Waals surface area contributed by atoms with E-state index in [4.69, 9.17) is 10.5 Å². The van der Waals surface area contributed by atoms with E-state index in [1.165, 1.54) is 12.3 Å². The van der Waals surface area contributed by atoms with Gasteiger partial charge >= 0.3 is 5.97 Å². The normalized spacial score (nSPS) is 10.6. The fourth-order valence-electron chi connectivity index (χ4n) is 1.39. The predicted molar refractivity (Wildman–Crippen MR) is 57.4 cm³/mol. The summed E-state index contributed by atoms with van der Waals surface area (Å²) in [6.07, 6.45) is -1.64. The smallest absolute Gasteiger partial charge is 0.310 e. The van der Waals surface area contributed by atoms with E-state index >= 15 is 0 Å². The highest BCUT2D eigenvalue weighted by Gasteiger charge is 2.17. The summed E-state index contributed by atoms with van der Waals surface area (Å²) in [6, 6.07) is 1.46. The minimum absolute atomic E-state index is 0.168. The first kappa shape index (κ1) is 13.5. The number of esters is 1. The Hall–Kier alpha value is -1.56. The molecule has 4 nitrogen and oxygen atoms in total. The highest BCUT2D eigenvalue weighted by molar-refractivity contribution is 5.73. The van der Waals surface area contributed by atoms with E-state index in [1.807, 2.05) is 0 Å². The Morgan fingerprint density at radius 2 is 2.29 bits per heavy atom. The molecule has 0 saturated carbocycles. The fraction of sp³-hybridized carbons (Fsp3) is 0.455. The van der Waals surface area contributed by atoms with Gasteiger partial charge in [-0.2, -0.15) is 0 Å². The maximum absolute atomic E-state index is 12.7.